The molecule has 0 N–H and O–H groups in total. The highest BCUT2D eigenvalue weighted by molar-refractivity contribution is 9.10. The monoisotopic (exact) mass is 290 g/mol. The topological polar surface area (TPSA) is 26.3 Å². The highest BCUT2D eigenvalue weighted by Gasteiger charge is 2.49. The minimum absolute atomic E-state index is 0.378. The van der Waals surface area contributed by atoms with Gasteiger partial charge < -0.3 is 4.74 Å². The Morgan fingerprint density at radius 2 is 1.88 bits per heavy atom. The molecule has 0 amide bonds. The number of benzene rings is 1. The molecule has 2 rings (SSSR count). The number of carbonyl (C=O) groups excluding carboxylic acids is 1. The van der Waals surface area contributed by atoms with E-state index in [1.165, 1.54) is 0 Å². The second-order valence-corrected chi connectivity index (χ2v) is 4.75. The summed E-state index contributed by atoms with van der Waals surface area (Å²) in [6.45, 7) is 0. The first-order valence-electron chi connectivity index (χ1n) is 4.81. The summed E-state index contributed by atoms with van der Waals surface area (Å²) in [6, 6.07) is 6.66. The summed E-state index contributed by atoms with van der Waals surface area (Å²) in [6.07, 6.45) is -0.801. The third-order valence-corrected chi connectivity index (χ3v) is 2.98. The smallest absolute Gasteiger partial charge is 0.314 e. The first kappa shape index (κ1) is 11.5. The van der Waals surface area contributed by atoms with Crippen LogP contribution in [0.5, 0.6) is 5.75 Å². The highest BCUT2D eigenvalue weighted by atomic mass is 79.9. The molecule has 0 unspecified atom stereocenters. The number of hydrogen-bond acceptors (Lipinski definition) is 2. The first-order chi connectivity index (χ1) is 7.46. The fourth-order valence-electron chi connectivity index (χ4n) is 1.53. The second kappa shape index (κ2) is 4.13. The minimum atomic E-state index is -2.69. The molecule has 1 fully saturated rings. The van der Waals surface area contributed by atoms with E-state index in [2.05, 4.69) is 15.9 Å². The van der Waals surface area contributed by atoms with Crippen LogP contribution in [-0.2, 0) is 4.79 Å². The summed E-state index contributed by atoms with van der Waals surface area (Å²) in [5, 5.41) is 0. The van der Waals surface area contributed by atoms with Gasteiger partial charge in [-0.3, -0.25) is 4.79 Å². The second-order valence-electron chi connectivity index (χ2n) is 3.84. The van der Waals surface area contributed by atoms with Crippen LogP contribution in [0.2, 0.25) is 0 Å². The van der Waals surface area contributed by atoms with Gasteiger partial charge in [-0.15, -0.1) is 0 Å². The lowest BCUT2D eigenvalue weighted by atomic mass is 9.81. The van der Waals surface area contributed by atoms with E-state index in [4.69, 9.17) is 4.74 Å². The summed E-state index contributed by atoms with van der Waals surface area (Å²) >= 11 is 3.24. The van der Waals surface area contributed by atoms with Crippen molar-refractivity contribution in [3.05, 3.63) is 28.7 Å². The van der Waals surface area contributed by atoms with Crippen LogP contribution in [0.25, 0.3) is 0 Å². The van der Waals surface area contributed by atoms with Crippen LogP contribution in [-0.4, -0.2) is 11.9 Å². The van der Waals surface area contributed by atoms with Crippen LogP contribution in [0.4, 0.5) is 8.78 Å². The maximum atomic E-state index is 12.5. The van der Waals surface area contributed by atoms with Crippen LogP contribution in [0.15, 0.2) is 28.7 Å². The molecule has 86 valence electrons. The van der Waals surface area contributed by atoms with Crippen molar-refractivity contribution in [3.63, 3.8) is 0 Å². The molecule has 0 heterocycles. The van der Waals surface area contributed by atoms with E-state index in [1.807, 2.05) is 0 Å². The fraction of sp³-hybridized carbons (Fsp3) is 0.364. The van der Waals surface area contributed by atoms with E-state index in [0.717, 1.165) is 4.47 Å². The zero-order valence-corrected chi connectivity index (χ0v) is 9.84. The first-order valence-corrected chi connectivity index (χ1v) is 5.61. The molecule has 1 aromatic carbocycles. The van der Waals surface area contributed by atoms with Crippen LogP contribution in [0, 0.1) is 5.92 Å². The Labute approximate surface area is 99.7 Å². The van der Waals surface area contributed by atoms with Gasteiger partial charge >= 0.3 is 5.97 Å². The van der Waals surface area contributed by atoms with E-state index >= 15 is 0 Å². The highest BCUT2D eigenvalue weighted by Crippen LogP contribution is 2.42. The molecule has 1 aliphatic carbocycles. The van der Waals surface area contributed by atoms with E-state index in [9.17, 15) is 13.6 Å². The Bertz CT molecular complexity index is 395. The molecule has 5 heteroatoms. The van der Waals surface area contributed by atoms with E-state index in [0.29, 0.717) is 5.75 Å². The Morgan fingerprint density at radius 3 is 2.38 bits per heavy atom. The fourth-order valence-corrected chi connectivity index (χ4v) is 1.79. The average Bonchev–Trinajstić information content (AvgIpc) is 2.18. The van der Waals surface area contributed by atoms with E-state index < -0.39 is 30.7 Å². The predicted octanol–water partition coefficient (Wildman–Crippen LogP) is 3.40. The van der Waals surface area contributed by atoms with Crippen LogP contribution < -0.4 is 4.74 Å². The summed E-state index contributed by atoms with van der Waals surface area (Å²) in [7, 11) is 0. The summed E-state index contributed by atoms with van der Waals surface area (Å²) in [5.74, 6) is -3.56. The molecule has 16 heavy (non-hydrogen) atoms. The van der Waals surface area contributed by atoms with E-state index in [-0.39, 0.29) is 0 Å². The Kier molecular flexibility index (Phi) is 2.97. The lowest BCUT2D eigenvalue weighted by Crippen LogP contribution is -2.41. The normalized spacial score (nSPS) is 18.9. The van der Waals surface area contributed by atoms with Gasteiger partial charge in [-0.05, 0) is 24.3 Å². The number of halogens is 3. The molecule has 0 aromatic heterocycles. The number of ether oxygens (including phenoxy) is 1. The molecule has 0 radical (unpaired) electrons. The van der Waals surface area contributed by atoms with Gasteiger partial charge in [-0.2, -0.15) is 0 Å². The Morgan fingerprint density at radius 1 is 1.31 bits per heavy atom. The minimum Gasteiger partial charge on any atom is -0.426 e. The lowest BCUT2D eigenvalue weighted by molar-refractivity contribution is -0.163. The van der Waals surface area contributed by atoms with Gasteiger partial charge in [0.1, 0.15) is 5.75 Å². The standard InChI is InChI=1S/C11H9BrF2O2/c12-8-1-3-9(4-2-8)16-10(15)7-5-11(13,14)6-7/h1-4,7H,5-6H2. The number of rotatable bonds is 2. The molecule has 1 aromatic rings. The molecule has 1 aliphatic rings. The molecule has 0 aliphatic heterocycles. The molecule has 0 spiro atoms. The van der Waals surface area contributed by atoms with E-state index in [1.54, 1.807) is 24.3 Å². The largest absolute Gasteiger partial charge is 0.426 e. The zero-order chi connectivity index (χ0) is 11.8. The molecular formula is C11H9BrF2O2. The number of esters is 1. The van der Waals surface area contributed by atoms with Crippen molar-refractivity contribution in [2.75, 3.05) is 0 Å². The summed E-state index contributed by atoms with van der Waals surface area (Å²) in [5.41, 5.74) is 0. The molecule has 0 bridgehead atoms. The van der Waals surface area contributed by atoms with Crippen molar-refractivity contribution in [3.8, 4) is 5.75 Å². The van der Waals surface area contributed by atoms with Gasteiger partial charge in [0.05, 0.1) is 5.92 Å². The number of alkyl halides is 2. The van der Waals surface area contributed by atoms with Crippen molar-refractivity contribution >= 4 is 21.9 Å². The van der Waals surface area contributed by atoms with Crippen LogP contribution in [0.3, 0.4) is 0 Å². The zero-order valence-electron chi connectivity index (χ0n) is 8.25. The van der Waals surface area contributed by atoms with Gasteiger partial charge in [-0.1, -0.05) is 15.9 Å². The maximum absolute atomic E-state index is 12.5. The van der Waals surface area contributed by atoms with Gasteiger partial charge in [0, 0.05) is 17.3 Å². The number of hydrogen-bond donors (Lipinski definition) is 0. The molecule has 1 saturated carbocycles. The van der Waals surface area contributed by atoms with Crippen molar-refractivity contribution in [2.45, 2.75) is 18.8 Å². The third kappa shape index (κ3) is 2.58. The van der Waals surface area contributed by atoms with Gasteiger partial charge in [0.25, 0.3) is 0 Å². The van der Waals surface area contributed by atoms with Crippen molar-refractivity contribution in [2.24, 2.45) is 5.92 Å². The molecule has 0 saturated heterocycles. The summed E-state index contributed by atoms with van der Waals surface area (Å²) < 4.78 is 30.9. The summed E-state index contributed by atoms with van der Waals surface area (Å²) in [4.78, 5) is 11.4. The SMILES string of the molecule is O=C(Oc1ccc(Br)cc1)C1CC(F)(F)C1. The van der Waals surface area contributed by atoms with Crippen LogP contribution >= 0.6 is 15.9 Å². The average molecular weight is 291 g/mol. The van der Waals surface area contributed by atoms with Gasteiger partial charge in [-0.25, -0.2) is 8.78 Å². The van der Waals surface area contributed by atoms with Crippen molar-refractivity contribution < 1.29 is 18.3 Å². The van der Waals surface area contributed by atoms with Gasteiger partial charge in [0.15, 0.2) is 0 Å². The lowest BCUT2D eigenvalue weighted by Gasteiger charge is -2.32. The van der Waals surface area contributed by atoms with Gasteiger partial charge in [0.2, 0.25) is 5.92 Å². The van der Waals surface area contributed by atoms with Crippen molar-refractivity contribution in [1.29, 1.82) is 0 Å². The maximum Gasteiger partial charge on any atom is 0.314 e. The van der Waals surface area contributed by atoms with Crippen molar-refractivity contribution in [1.82, 2.24) is 0 Å². The predicted molar refractivity (Wildman–Crippen MR) is 57.4 cm³/mol. The molecule has 2 nitrogen and oxygen atoms in total. The molecular weight excluding hydrogens is 282 g/mol. The Balaban J connectivity index is 1.91. The Hall–Kier alpha value is -0.970. The quantitative estimate of drug-likeness (QED) is 0.616. The third-order valence-electron chi connectivity index (χ3n) is 2.46. The molecule has 0 atom stereocenters. The van der Waals surface area contributed by atoms with Crippen LogP contribution in [0.1, 0.15) is 12.8 Å². The number of carbonyl (C=O) groups is 1.